The van der Waals surface area contributed by atoms with Crippen LogP contribution in [0.2, 0.25) is 0 Å². The van der Waals surface area contributed by atoms with E-state index >= 15 is 0 Å². The number of fused-ring (bicyclic) bond motifs is 1. The molecule has 0 aromatic heterocycles. The second-order valence-corrected chi connectivity index (χ2v) is 6.73. The van der Waals surface area contributed by atoms with Gasteiger partial charge in [-0.25, -0.2) is 4.79 Å². The van der Waals surface area contributed by atoms with Gasteiger partial charge in [0.25, 0.3) is 5.91 Å². The van der Waals surface area contributed by atoms with Gasteiger partial charge in [-0.15, -0.1) is 0 Å². The molecular formula is C20H20N4O3. The van der Waals surface area contributed by atoms with Gasteiger partial charge in [0.05, 0.1) is 12.5 Å². The third-order valence-electron chi connectivity index (χ3n) is 4.88. The summed E-state index contributed by atoms with van der Waals surface area (Å²) < 4.78 is 0. The summed E-state index contributed by atoms with van der Waals surface area (Å²) in [5.74, 6) is -0.860. The first kappa shape index (κ1) is 18.4. The number of carbonyl (C=O) groups is 3. The number of nitrogens with zero attached hydrogens (tertiary/aromatic N) is 3. The van der Waals surface area contributed by atoms with Crippen molar-refractivity contribution in [3.05, 3.63) is 48.0 Å². The van der Waals surface area contributed by atoms with Gasteiger partial charge in [-0.2, -0.15) is 5.26 Å². The van der Waals surface area contributed by atoms with E-state index in [4.69, 9.17) is 5.26 Å². The largest absolute Gasteiger partial charge is 0.343 e. The Kier molecular flexibility index (Phi) is 4.82. The maximum atomic E-state index is 13.0. The minimum Gasteiger partial charge on any atom is -0.343 e. The van der Waals surface area contributed by atoms with Crippen LogP contribution in [0, 0.1) is 11.3 Å². The average molecular weight is 364 g/mol. The number of benzene rings is 2. The van der Waals surface area contributed by atoms with E-state index in [2.05, 4.69) is 5.32 Å². The van der Waals surface area contributed by atoms with Crippen LogP contribution in [0.3, 0.4) is 0 Å². The molecule has 0 saturated carbocycles. The zero-order valence-electron chi connectivity index (χ0n) is 15.2. The molecular weight excluding hydrogens is 344 g/mol. The summed E-state index contributed by atoms with van der Waals surface area (Å²) in [7, 11) is 1.54. The van der Waals surface area contributed by atoms with Crippen molar-refractivity contribution in [3.8, 4) is 6.07 Å². The number of imide groups is 1. The molecule has 1 atom stereocenters. The van der Waals surface area contributed by atoms with E-state index in [1.165, 1.54) is 4.90 Å². The predicted molar refractivity (Wildman–Crippen MR) is 99.4 cm³/mol. The highest BCUT2D eigenvalue weighted by Crippen LogP contribution is 2.31. The Balaban J connectivity index is 1.83. The third-order valence-corrected chi connectivity index (χ3v) is 4.88. The molecule has 7 nitrogen and oxygen atoms in total. The van der Waals surface area contributed by atoms with E-state index in [9.17, 15) is 14.4 Å². The van der Waals surface area contributed by atoms with Gasteiger partial charge in [-0.1, -0.05) is 36.4 Å². The first-order valence-corrected chi connectivity index (χ1v) is 8.61. The van der Waals surface area contributed by atoms with Crippen molar-refractivity contribution in [1.29, 1.82) is 5.26 Å². The Hall–Kier alpha value is -3.40. The highest BCUT2D eigenvalue weighted by molar-refractivity contribution is 6.09. The van der Waals surface area contributed by atoms with Gasteiger partial charge in [-0.05, 0) is 29.3 Å². The fourth-order valence-electron chi connectivity index (χ4n) is 3.13. The minimum atomic E-state index is -1.23. The second kappa shape index (κ2) is 7.08. The first-order valence-electron chi connectivity index (χ1n) is 8.61. The maximum Gasteiger partial charge on any atom is 0.325 e. The number of likely N-dealkylation sites (N-methyl/N-ethyl adjacent to an activating group) is 1. The minimum absolute atomic E-state index is 0.192. The fraction of sp³-hybridized carbons (Fsp3) is 0.300. The van der Waals surface area contributed by atoms with Crippen molar-refractivity contribution in [2.45, 2.75) is 18.9 Å². The highest BCUT2D eigenvalue weighted by atomic mass is 16.2. The number of urea groups is 1. The molecule has 0 radical (unpaired) electrons. The van der Waals surface area contributed by atoms with E-state index in [0.29, 0.717) is 5.56 Å². The van der Waals surface area contributed by atoms with Crippen LogP contribution in [-0.4, -0.2) is 47.8 Å². The molecule has 0 aliphatic carbocycles. The smallest absolute Gasteiger partial charge is 0.325 e. The summed E-state index contributed by atoms with van der Waals surface area (Å²) in [5.41, 5.74) is -0.570. The lowest BCUT2D eigenvalue weighted by Gasteiger charge is -2.23. The van der Waals surface area contributed by atoms with Crippen LogP contribution in [0.15, 0.2) is 42.5 Å². The predicted octanol–water partition coefficient (Wildman–Crippen LogP) is 1.98. The van der Waals surface area contributed by atoms with Gasteiger partial charge < -0.3 is 10.2 Å². The van der Waals surface area contributed by atoms with Gasteiger partial charge in [-0.3, -0.25) is 14.5 Å². The third kappa shape index (κ3) is 3.34. The Morgan fingerprint density at radius 1 is 1.22 bits per heavy atom. The number of rotatable bonds is 5. The van der Waals surface area contributed by atoms with Crippen LogP contribution in [-0.2, 0) is 15.1 Å². The molecule has 138 valence electrons. The quantitative estimate of drug-likeness (QED) is 0.821. The van der Waals surface area contributed by atoms with Crippen molar-refractivity contribution >= 4 is 28.6 Å². The Labute approximate surface area is 157 Å². The first-order chi connectivity index (χ1) is 12.9. The number of nitriles is 1. The van der Waals surface area contributed by atoms with E-state index in [1.54, 1.807) is 14.0 Å². The van der Waals surface area contributed by atoms with Crippen molar-refractivity contribution < 1.29 is 14.4 Å². The van der Waals surface area contributed by atoms with Crippen molar-refractivity contribution in [3.63, 3.8) is 0 Å². The summed E-state index contributed by atoms with van der Waals surface area (Å²) in [5, 5.41) is 13.3. The van der Waals surface area contributed by atoms with E-state index in [-0.39, 0.29) is 19.5 Å². The molecule has 1 aliphatic rings. The summed E-state index contributed by atoms with van der Waals surface area (Å²) in [6.07, 6.45) is 0.192. The normalized spacial score (nSPS) is 19.1. The molecule has 2 aromatic carbocycles. The van der Waals surface area contributed by atoms with Crippen LogP contribution in [0.1, 0.15) is 18.9 Å². The lowest BCUT2D eigenvalue weighted by Crippen LogP contribution is -2.43. The van der Waals surface area contributed by atoms with Crippen LogP contribution in [0.4, 0.5) is 4.79 Å². The van der Waals surface area contributed by atoms with Gasteiger partial charge in [0.2, 0.25) is 5.91 Å². The molecule has 1 unspecified atom stereocenters. The molecule has 1 saturated heterocycles. The molecule has 1 heterocycles. The molecule has 0 spiro atoms. The average Bonchev–Trinajstić information content (AvgIpc) is 2.89. The highest BCUT2D eigenvalue weighted by Gasteiger charge is 2.49. The lowest BCUT2D eigenvalue weighted by atomic mass is 9.90. The van der Waals surface area contributed by atoms with Crippen LogP contribution < -0.4 is 5.32 Å². The monoisotopic (exact) mass is 364 g/mol. The standard InChI is InChI=1S/C20H20N4O3/c1-20(16-9-8-14-6-3-4-7-15(14)12-16)18(26)24(19(27)22-20)13-17(25)23(2)11-5-10-21/h3-4,6-9,12H,5,11,13H2,1-2H3,(H,22,27). The van der Waals surface area contributed by atoms with Crippen LogP contribution in [0.25, 0.3) is 10.8 Å². The van der Waals surface area contributed by atoms with Crippen LogP contribution >= 0.6 is 0 Å². The molecule has 7 heteroatoms. The molecule has 3 rings (SSSR count). The number of hydrogen-bond donors (Lipinski definition) is 1. The number of amides is 4. The molecule has 0 bridgehead atoms. The van der Waals surface area contributed by atoms with Crippen molar-refractivity contribution in [2.24, 2.45) is 0 Å². The second-order valence-electron chi connectivity index (χ2n) is 6.73. The van der Waals surface area contributed by atoms with Crippen LogP contribution in [0.5, 0.6) is 0 Å². The van der Waals surface area contributed by atoms with E-state index in [1.807, 2.05) is 48.5 Å². The lowest BCUT2D eigenvalue weighted by molar-refractivity contribution is -0.138. The molecule has 27 heavy (non-hydrogen) atoms. The summed E-state index contributed by atoms with van der Waals surface area (Å²) in [6, 6.07) is 14.7. The Bertz CT molecular complexity index is 965. The van der Waals surface area contributed by atoms with E-state index in [0.717, 1.165) is 15.7 Å². The Morgan fingerprint density at radius 3 is 2.63 bits per heavy atom. The zero-order chi connectivity index (χ0) is 19.6. The number of nitrogens with one attached hydrogen (secondary N) is 1. The molecule has 1 fully saturated rings. The van der Waals surface area contributed by atoms with Crippen molar-refractivity contribution in [2.75, 3.05) is 20.1 Å². The molecule has 1 N–H and O–H groups in total. The summed E-state index contributed by atoms with van der Waals surface area (Å²) >= 11 is 0. The van der Waals surface area contributed by atoms with E-state index < -0.39 is 23.4 Å². The van der Waals surface area contributed by atoms with Gasteiger partial charge >= 0.3 is 6.03 Å². The van der Waals surface area contributed by atoms with Crippen molar-refractivity contribution in [1.82, 2.24) is 15.1 Å². The summed E-state index contributed by atoms with van der Waals surface area (Å²) in [4.78, 5) is 39.9. The maximum absolute atomic E-state index is 13.0. The number of hydrogen-bond acceptors (Lipinski definition) is 4. The topological polar surface area (TPSA) is 93.5 Å². The molecule has 2 aromatic rings. The van der Waals surface area contributed by atoms with Gasteiger partial charge in [0, 0.05) is 13.6 Å². The SMILES string of the molecule is CN(CCC#N)C(=O)CN1C(=O)NC(C)(c2ccc3ccccc3c2)C1=O. The molecule has 4 amide bonds. The zero-order valence-corrected chi connectivity index (χ0v) is 15.2. The summed E-state index contributed by atoms with van der Waals surface area (Å²) in [6.45, 7) is 1.54. The van der Waals surface area contributed by atoms with Gasteiger partial charge in [0.1, 0.15) is 12.1 Å². The fourth-order valence-corrected chi connectivity index (χ4v) is 3.13. The molecule has 1 aliphatic heterocycles. The number of carbonyl (C=O) groups excluding carboxylic acids is 3. The van der Waals surface area contributed by atoms with Gasteiger partial charge in [0.15, 0.2) is 0 Å². The Morgan fingerprint density at radius 2 is 1.93 bits per heavy atom.